The molecule has 6 nitrogen and oxygen atoms in total. The van der Waals surface area contributed by atoms with Crippen LogP contribution in [0.2, 0.25) is 0 Å². The third-order valence-electron chi connectivity index (χ3n) is 1.58. The van der Waals surface area contributed by atoms with Crippen molar-refractivity contribution in [1.82, 2.24) is 19.9 Å². The molecule has 2 heterocycles. The van der Waals surface area contributed by atoms with Crippen LogP contribution < -0.4 is 5.69 Å². The summed E-state index contributed by atoms with van der Waals surface area (Å²) in [6.07, 6.45) is 1.44. The van der Waals surface area contributed by atoms with E-state index in [2.05, 4.69) is 19.9 Å². The molecule has 0 saturated carbocycles. The zero-order chi connectivity index (χ0) is 9.26. The molecule has 0 aliphatic carbocycles. The van der Waals surface area contributed by atoms with Crippen molar-refractivity contribution in [1.29, 1.82) is 0 Å². The van der Waals surface area contributed by atoms with E-state index < -0.39 is 0 Å². The highest BCUT2D eigenvalue weighted by molar-refractivity contribution is 7.71. The Hall–Kier alpha value is -1.63. The molecule has 2 aromatic rings. The summed E-state index contributed by atoms with van der Waals surface area (Å²) in [5, 5.41) is 8.56. The van der Waals surface area contributed by atoms with Crippen LogP contribution in [0, 0.1) is 4.77 Å². The minimum atomic E-state index is -0.284. The second kappa shape index (κ2) is 3.02. The van der Waals surface area contributed by atoms with Crippen LogP contribution in [0.1, 0.15) is 5.69 Å². The van der Waals surface area contributed by atoms with Gasteiger partial charge in [-0.1, -0.05) is 5.16 Å². The number of nitrogens with zero attached hydrogens (tertiary/aromatic N) is 2. The molecule has 2 rings (SSSR count). The molecule has 0 bridgehead atoms. The topological polar surface area (TPSA) is 79.6 Å². The van der Waals surface area contributed by atoms with Gasteiger partial charge in [-0.25, -0.2) is 9.89 Å². The van der Waals surface area contributed by atoms with Crippen LogP contribution in [-0.4, -0.2) is 19.9 Å². The molecule has 0 aliphatic rings. The molecule has 0 radical (unpaired) electrons. The fourth-order valence-corrected chi connectivity index (χ4v) is 1.16. The molecule has 0 aromatic carbocycles. The first-order valence-electron chi connectivity index (χ1n) is 3.54. The lowest BCUT2D eigenvalue weighted by atomic mass is 10.4. The van der Waals surface area contributed by atoms with E-state index in [1.54, 1.807) is 6.07 Å². The van der Waals surface area contributed by atoms with Crippen molar-refractivity contribution < 1.29 is 4.52 Å². The maximum atomic E-state index is 11.1. The summed E-state index contributed by atoms with van der Waals surface area (Å²) in [4.78, 5) is 11.1. The largest absolute Gasteiger partial charge is 0.364 e. The molecule has 2 N–H and O–H groups in total. The molecule has 2 aromatic heterocycles. The predicted molar refractivity (Wildman–Crippen MR) is 45.8 cm³/mol. The van der Waals surface area contributed by atoms with Crippen LogP contribution in [0.5, 0.6) is 0 Å². The average Bonchev–Trinajstić information content (AvgIpc) is 2.70. The van der Waals surface area contributed by atoms with Crippen LogP contribution >= 0.6 is 12.2 Å². The number of hydrogen-bond acceptors (Lipinski definition) is 4. The van der Waals surface area contributed by atoms with Gasteiger partial charge >= 0.3 is 5.69 Å². The first-order valence-corrected chi connectivity index (χ1v) is 3.95. The van der Waals surface area contributed by atoms with E-state index in [9.17, 15) is 4.79 Å². The first kappa shape index (κ1) is 7.99. The van der Waals surface area contributed by atoms with Gasteiger partial charge in [-0.15, -0.1) is 0 Å². The quantitative estimate of drug-likeness (QED) is 0.679. The lowest BCUT2D eigenvalue weighted by molar-refractivity contribution is 0.409. The lowest BCUT2D eigenvalue weighted by Gasteiger charge is -1.93. The highest BCUT2D eigenvalue weighted by Crippen LogP contribution is 1.96. The Morgan fingerprint density at radius 3 is 3.00 bits per heavy atom. The number of H-pyrrole nitrogens is 2. The minimum absolute atomic E-state index is 0.284. The van der Waals surface area contributed by atoms with Crippen molar-refractivity contribution in [2.75, 3.05) is 0 Å². The average molecular weight is 198 g/mol. The Labute approximate surface area is 77.2 Å². The number of aromatic amines is 2. The predicted octanol–water partition coefficient (Wildman–Crippen LogP) is 0.270. The van der Waals surface area contributed by atoms with Gasteiger partial charge in [0.15, 0.2) is 4.77 Å². The zero-order valence-corrected chi connectivity index (χ0v) is 7.30. The standard InChI is InChI=1S/C6H6N4O2S/c11-5-7-8-6(13)10(5)3-4-1-2-12-9-4/h1-2H,3H2,(H,7,11)(H,8,13). The fourth-order valence-electron chi connectivity index (χ4n) is 0.959. The number of nitrogens with one attached hydrogen (secondary N) is 2. The van der Waals surface area contributed by atoms with Crippen LogP contribution in [0.4, 0.5) is 0 Å². The van der Waals surface area contributed by atoms with E-state index in [0.29, 0.717) is 17.0 Å². The summed E-state index contributed by atoms with van der Waals surface area (Å²) in [7, 11) is 0. The molecule has 0 spiro atoms. The molecule has 0 aliphatic heterocycles. The summed E-state index contributed by atoms with van der Waals surface area (Å²) >= 11 is 4.86. The van der Waals surface area contributed by atoms with Gasteiger partial charge in [0.05, 0.1) is 6.54 Å². The van der Waals surface area contributed by atoms with E-state index in [4.69, 9.17) is 12.2 Å². The Balaban J connectivity index is 2.38. The summed E-state index contributed by atoms with van der Waals surface area (Å²) in [6, 6.07) is 1.67. The lowest BCUT2D eigenvalue weighted by Crippen LogP contribution is -2.17. The van der Waals surface area contributed by atoms with E-state index in [1.165, 1.54) is 10.8 Å². The van der Waals surface area contributed by atoms with Crippen molar-refractivity contribution in [3.8, 4) is 0 Å². The van der Waals surface area contributed by atoms with Gasteiger partial charge in [0.2, 0.25) is 0 Å². The smallest absolute Gasteiger partial charge is 0.342 e. The molecule has 0 saturated heterocycles. The molecule has 0 atom stereocenters. The minimum Gasteiger partial charge on any atom is -0.364 e. The maximum absolute atomic E-state index is 11.1. The summed E-state index contributed by atoms with van der Waals surface area (Å²) in [5.41, 5.74) is 0.370. The molecular weight excluding hydrogens is 192 g/mol. The van der Waals surface area contributed by atoms with Crippen molar-refractivity contribution in [3.05, 3.63) is 33.3 Å². The van der Waals surface area contributed by atoms with E-state index in [1.807, 2.05) is 0 Å². The highest BCUT2D eigenvalue weighted by atomic mass is 32.1. The second-order valence-corrected chi connectivity index (χ2v) is 2.82. The van der Waals surface area contributed by atoms with Gasteiger partial charge in [0.25, 0.3) is 0 Å². The molecule has 0 unspecified atom stereocenters. The third kappa shape index (κ3) is 1.45. The normalized spacial score (nSPS) is 10.5. The van der Waals surface area contributed by atoms with E-state index in [0.717, 1.165) is 0 Å². The van der Waals surface area contributed by atoms with Crippen molar-refractivity contribution in [2.24, 2.45) is 0 Å². The Morgan fingerprint density at radius 2 is 2.46 bits per heavy atom. The third-order valence-corrected chi connectivity index (χ3v) is 1.90. The van der Waals surface area contributed by atoms with Crippen molar-refractivity contribution >= 4 is 12.2 Å². The Bertz CT molecular complexity index is 464. The molecular formula is C6H6N4O2S. The number of hydrogen-bond donors (Lipinski definition) is 2. The second-order valence-electron chi connectivity index (χ2n) is 2.44. The molecule has 0 amide bonds. The SMILES string of the molecule is O=c1[nH][nH]c(=S)n1Cc1ccon1. The van der Waals surface area contributed by atoms with Crippen molar-refractivity contribution in [3.63, 3.8) is 0 Å². The van der Waals surface area contributed by atoms with Crippen LogP contribution in [0.25, 0.3) is 0 Å². The van der Waals surface area contributed by atoms with Gasteiger partial charge in [0, 0.05) is 6.07 Å². The highest BCUT2D eigenvalue weighted by Gasteiger charge is 2.02. The molecule has 68 valence electrons. The molecule has 13 heavy (non-hydrogen) atoms. The van der Waals surface area contributed by atoms with Gasteiger partial charge < -0.3 is 4.52 Å². The van der Waals surface area contributed by atoms with Gasteiger partial charge in [0.1, 0.15) is 12.0 Å². The summed E-state index contributed by atoms with van der Waals surface area (Å²) in [6.45, 7) is 0.314. The van der Waals surface area contributed by atoms with Crippen LogP contribution in [0.15, 0.2) is 21.6 Å². The Kier molecular flexibility index (Phi) is 1.85. The maximum Gasteiger partial charge on any atom is 0.342 e. The van der Waals surface area contributed by atoms with E-state index in [-0.39, 0.29) is 5.69 Å². The molecule has 0 fully saturated rings. The van der Waals surface area contributed by atoms with Gasteiger partial charge in [-0.05, 0) is 12.2 Å². The number of rotatable bonds is 2. The van der Waals surface area contributed by atoms with Gasteiger partial charge in [-0.3, -0.25) is 9.67 Å². The van der Waals surface area contributed by atoms with Crippen molar-refractivity contribution in [2.45, 2.75) is 6.54 Å². The van der Waals surface area contributed by atoms with Gasteiger partial charge in [-0.2, -0.15) is 0 Å². The zero-order valence-electron chi connectivity index (χ0n) is 6.48. The summed E-state index contributed by atoms with van der Waals surface area (Å²) in [5.74, 6) is 0. The molecule has 7 heteroatoms. The van der Waals surface area contributed by atoms with Crippen LogP contribution in [-0.2, 0) is 6.54 Å². The first-order chi connectivity index (χ1) is 6.27. The monoisotopic (exact) mass is 198 g/mol. The van der Waals surface area contributed by atoms with E-state index >= 15 is 0 Å². The van der Waals surface area contributed by atoms with Crippen LogP contribution in [0.3, 0.4) is 0 Å². The fraction of sp³-hybridized carbons (Fsp3) is 0.167. The number of aromatic nitrogens is 4. The Morgan fingerprint density at radius 1 is 1.62 bits per heavy atom. The summed E-state index contributed by atoms with van der Waals surface area (Å²) < 4.78 is 6.32.